The van der Waals surface area contributed by atoms with Crippen molar-refractivity contribution >= 4 is 34.1 Å². The van der Waals surface area contributed by atoms with Gasteiger partial charge < -0.3 is 5.32 Å². The van der Waals surface area contributed by atoms with Crippen molar-refractivity contribution in [1.82, 2.24) is 4.98 Å². The summed E-state index contributed by atoms with van der Waals surface area (Å²) >= 11 is 3.11. The number of benzene rings is 1. The molecule has 0 aliphatic heterocycles. The van der Waals surface area contributed by atoms with E-state index in [9.17, 15) is 4.79 Å². The van der Waals surface area contributed by atoms with Gasteiger partial charge in [-0.25, -0.2) is 4.98 Å². The maximum Gasteiger partial charge on any atom is 0.239 e. The zero-order valence-electron chi connectivity index (χ0n) is 10.7. The molecule has 0 aliphatic rings. The van der Waals surface area contributed by atoms with Gasteiger partial charge in [0.1, 0.15) is 0 Å². The number of thioether (sulfide) groups is 1. The Morgan fingerprint density at radius 2 is 2.21 bits per heavy atom. The normalized spacial score (nSPS) is 12.1. The first-order valence-corrected chi connectivity index (χ1v) is 8.08. The fourth-order valence-electron chi connectivity index (χ4n) is 1.62. The van der Waals surface area contributed by atoms with Crippen LogP contribution in [0.15, 0.2) is 41.9 Å². The van der Waals surface area contributed by atoms with Crippen LogP contribution in [-0.4, -0.2) is 16.1 Å². The van der Waals surface area contributed by atoms with E-state index < -0.39 is 0 Å². The predicted molar refractivity (Wildman–Crippen MR) is 82.6 cm³/mol. The van der Waals surface area contributed by atoms with Gasteiger partial charge in [0, 0.05) is 17.3 Å². The Hall–Kier alpha value is -1.33. The predicted octanol–water partition coefficient (Wildman–Crippen LogP) is 3.79. The van der Waals surface area contributed by atoms with E-state index in [2.05, 4.69) is 22.4 Å². The summed E-state index contributed by atoms with van der Waals surface area (Å²) in [5.74, 6) is 0.892. The van der Waals surface area contributed by atoms with E-state index in [0.29, 0.717) is 5.13 Å². The van der Waals surface area contributed by atoms with E-state index in [1.807, 2.05) is 30.5 Å². The van der Waals surface area contributed by atoms with Crippen LogP contribution in [-0.2, 0) is 10.5 Å². The Morgan fingerprint density at radius 1 is 1.42 bits per heavy atom. The Morgan fingerprint density at radius 3 is 2.84 bits per heavy atom. The van der Waals surface area contributed by atoms with Crippen molar-refractivity contribution in [3.63, 3.8) is 0 Å². The van der Waals surface area contributed by atoms with E-state index in [-0.39, 0.29) is 11.2 Å². The van der Waals surface area contributed by atoms with Crippen molar-refractivity contribution in [2.75, 3.05) is 5.32 Å². The average molecular weight is 292 g/mol. The van der Waals surface area contributed by atoms with E-state index >= 15 is 0 Å². The largest absolute Gasteiger partial charge is 0.301 e. The SMILES string of the molecule is CCC(SCc1ccccc1)C(=O)Nc1nccs1. The number of rotatable bonds is 6. The molecule has 3 nitrogen and oxygen atoms in total. The molecule has 5 heteroatoms. The lowest BCUT2D eigenvalue weighted by Crippen LogP contribution is -2.24. The zero-order valence-corrected chi connectivity index (χ0v) is 12.3. The van der Waals surface area contributed by atoms with E-state index in [1.165, 1.54) is 16.9 Å². The molecule has 0 bridgehead atoms. The molecule has 1 heterocycles. The van der Waals surface area contributed by atoms with Crippen molar-refractivity contribution in [3.8, 4) is 0 Å². The molecule has 0 aliphatic carbocycles. The minimum atomic E-state index is -0.0379. The lowest BCUT2D eigenvalue weighted by Gasteiger charge is -2.13. The fraction of sp³-hybridized carbons (Fsp3) is 0.286. The molecule has 1 N–H and O–H groups in total. The van der Waals surface area contributed by atoms with Crippen LogP contribution in [0.4, 0.5) is 5.13 Å². The van der Waals surface area contributed by atoms with Crippen LogP contribution in [0.2, 0.25) is 0 Å². The lowest BCUT2D eigenvalue weighted by atomic mass is 10.2. The minimum absolute atomic E-state index is 0.0379. The van der Waals surface area contributed by atoms with Crippen LogP contribution in [0.25, 0.3) is 0 Å². The number of anilines is 1. The summed E-state index contributed by atoms with van der Waals surface area (Å²) < 4.78 is 0. The summed E-state index contributed by atoms with van der Waals surface area (Å²) in [6.45, 7) is 2.03. The standard InChI is InChI=1S/C14H16N2OS2/c1-2-12(13(17)16-14-15-8-9-18-14)19-10-11-6-4-3-5-7-11/h3-9,12H,2,10H2,1H3,(H,15,16,17). The van der Waals surface area contributed by atoms with Crippen molar-refractivity contribution in [3.05, 3.63) is 47.5 Å². The minimum Gasteiger partial charge on any atom is -0.301 e. The summed E-state index contributed by atoms with van der Waals surface area (Å²) in [5.41, 5.74) is 1.24. The number of nitrogens with zero attached hydrogens (tertiary/aromatic N) is 1. The highest BCUT2D eigenvalue weighted by atomic mass is 32.2. The molecule has 0 fully saturated rings. The van der Waals surface area contributed by atoms with Gasteiger partial charge in [0.05, 0.1) is 5.25 Å². The van der Waals surface area contributed by atoms with Crippen LogP contribution >= 0.6 is 23.1 Å². The number of thiazole rings is 1. The van der Waals surface area contributed by atoms with Gasteiger partial charge in [-0.3, -0.25) is 4.79 Å². The van der Waals surface area contributed by atoms with Gasteiger partial charge in [-0.05, 0) is 12.0 Å². The molecular formula is C14H16N2OS2. The molecule has 1 aromatic carbocycles. The molecule has 1 atom stereocenters. The van der Waals surface area contributed by atoms with Crippen LogP contribution in [0, 0.1) is 0 Å². The third-order valence-corrected chi connectivity index (χ3v) is 4.76. The molecule has 19 heavy (non-hydrogen) atoms. The molecule has 1 aromatic heterocycles. The van der Waals surface area contributed by atoms with Gasteiger partial charge in [-0.2, -0.15) is 0 Å². The summed E-state index contributed by atoms with van der Waals surface area (Å²) in [6, 6.07) is 10.2. The van der Waals surface area contributed by atoms with Crippen molar-refractivity contribution in [2.45, 2.75) is 24.3 Å². The van der Waals surface area contributed by atoms with Gasteiger partial charge in [-0.15, -0.1) is 23.1 Å². The highest BCUT2D eigenvalue weighted by molar-refractivity contribution is 7.99. The number of hydrogen-bond donors (Lipinski definition) is 1. The highest BCUT2D eigenvalue weighted by Crippen LogP contribution is 2.22. The second-order valence-corrected chi connectivity index (χ2v) is 6.11. The Labute approximate surface area is 121 Å². The molecule has 100 valence electrons. The maximum absolute atomic E-state index is 12.1. The summed E-state index contributed by atoms with van der Waals surface area (Å²) in [6.07, 6.45) is 2.51. The van der Waals surface area contributed by atoms with Gasteiger partial charge in [0.2, 0.25) is 5.91 Å². The summed E-state index contributed by atoms with van der Waals surface area (Å²) in [7, 11) is 0. The molecular weight excluding hydrogens is 276 g/mol. The van der Waals surface area contributed by atoms with Crippen LogP contribution in [0.3, 0.4) is 0 Å². The molecule has 0 saturated heterocycles. The number of hydrogen-bond acceptors (Lipinski definition) is 4. The van der Waals surface area contributed by atoms with Crippen LogP contribution in [0.1, 0.15) is 18.9 Å². The van der Waals surface area contributed by atoms with Crippen LogP contribution in [0.5, 0.6) is 0 Å². The van der Waals surface area contributed by atoms with Gasteiger partial charge in [0.15, 0.2) is 5.13 Å². The van der Waals surface area contributed by atoms with Crippen molar-refractivity contribution in [1.29, 1.82) is 0 Å². The van der Waals surface area contributed by atoms with Crippen LogP contribution < -0.4 is 5.32 Å². The van der Waals surface area contributed by atoms with E-state index in [1.54, 1.807) is 18.0 Å². The first kappa shape index (κ1) is 14.1. The van der Waals surface area contributed by atoms with Crippen molar-refractivity contribution < 1.29 is 4.79 Å². The third-order valence-electron chi connectivity index (χ3n) is 2.62. The smallest absolute Gasteiger partial charge is 0.239 e. The van der Waals surface area contributed by atoms with Crippen molar-refractivity contribution in [2.24, 2.45) is 0 Å². The second kappa shape index (κ2) is 7.31. The molecule has 2 rings (SSSR count). The Balaban J connectivity index is 1.87. The Kier molecular flexibility index (Phi) is 5.42. The molecule has 2 aromatic rings. The summed E-state index contributed by atoms with van der Waals surface area (Å²) in [4.78, 5) is 16.2. The number of carbonyl (C=O) groups excluding carboxylic acids is 1. The molecule has 1 amide bonds. The van der Waals surface area contributed by atoms with E-state index in [4.69, 9.17) is 0 Å². The lowest BCUT2D eigenvalue weighted by molar-refractivity contribution is -0.115. The first-order valence-electron chi connectivity index (χ1n) is 6.15. The Bertz CT molecular complexity index is 499. The fourth-order valence-corrected chi connectivity index (χ4v) is 3.18. The average Bonchev–Trinajstić information content (AvgIpc) is 2.93. The monoisotopic (exact) mass is 292 g/mol. The highest BCUT2D eigenvalue weighted by Gasteiger charge is 2.17. The maximum atomic E-state index is 12.1. The number of carbonyl (C=O) groups is 1. The number of nitrogens with one attached hydrogen (secondary N) is 1. The first-order chi connectivity index (χ1) is 9.29. The van der Waals surface area contributed by atoms with E-state index in [0.717, 1.165) is 12.2 Å². The van der Waals surface area contributed by atoms with Gasteiger partial charge in [0.25, 0.3) is 0 Å². The third kappa shape index (κ3) is 4.36. The quantitative estimate of drug-likeness (QED) is 0.880. The number of amides is 1. The van der Waals surface area contributed by atoms with Gasteiger partial charge in [-0.1, -0.05) is 37.3 Å². The molecule has 1 unspecified atom stereocenters. The molecule has 0 saturated carbocycles. The second-order valence-electron chi connectivity index (χ2n) is 4.02. The molecule has 0 radical (unpaired) electrons. The zero-order chi connectivity index (χ0) is 13.5. The molecule has 0 spiro atoms. The topological polar surface area (TPSA) is 42.0 Å². The summed E-state index contributed by atoms with van der Waals surface area (Å²) in [5, 5.41) is 5.34. The van der Waals surface area contributed by atoms with Gasteiger partial charge >= 0.3 is 0 Å². The number of aromatic nitrogens is 1.